The molecule has 2 N–H and O–H groups in total. The Bertz CT molecular complexity index is 747. The summed E-state index contributed by atoms with van der Waals surface area (Å²) in [5.74, 6) is -2.64. The van der Waals surface area contributed by atoms with Crippen molar-refractivity contribution in [3.05, 3.63) is 0 Å². The zero-order chi connectivity index (χ0) is 25.4. The van der Waals surface area contributed by atoms with Crippen molar-refractivity contribution >= 4 is 29.6 Å². The fourth-order valence-electron chi connectivity index (χ4n) is 3.92. The highest BCUT2D eigenvalue weighted by Crippen LogP contribution is 2.15. The highest BCUT2D eigenvalue weighted by Gasteiger charge is 2.36. The van der Waals surface area contributed by atoms with Gasteiger partial charge in [-0.3, -0.25) is 24.1 Å². The highest BCUT2D eigenvalue weighted by molar-refractivity contribution is 6.02. The van der Waals surface area contributed by atoms with E-state index in [0.717, 1.165) is 26.2 Å². The van der Waals surface area contributed by atoms with Crippen LogP contribution >= 0.6 is 0 Å². The average Bonchev–Trinajstić information content (AvgIpc) is 3.05. The maximum Gasteiger partial charge on any atom is 0.355 e. The van der Waals surface area contributed by atoms with Crippen LogP contribution in [0.25, 0.3) is 0 Å². The van der Waals surface area contributed by atoms with E-state index in [1.54, 1.807) is 0 Å². The predicted octanol–water partition coefficient (Wildman–Crippen LogP) is -0.0972. The van der Waals surface area contributed by atoms with E-state index in [4.69, 9.17) is 4.84 Å². The molecule has 0 aromatic heterocycles. The maximum absolute atomic E-state index is 13.1. The summed E-state index contributed by atoms with van der Waals surface area (Å²) < 4.78 is 0. The molecule has 2 aliphatic rings. The third-order valence-electron chi connectivity index (χ3n) is 5.82. The minimum atomic E-state index is -1.06. The molecule has 0 radical (unpaired) electrons. The van der Waals surface area contributed by atoms with E-state index in [-0.39, 0.29) is 43.6 Å². The van der Waals surface area contributed by atoms with Gasteiger partial charge in [-0.15, -0.1) is 5.06 Å². The van der Waals surface area contributed by atoms with Crippen molar-refractivity contribution < 1.29 is 28.8 Å². The minimum absolute atomic E-state index is 0.0108. The number of hydrogen-bond donors (Lipinski definition) is 2. The number of hydroxylamine groups is 2. The molecule has 2 heterocycles. The molecule has 2 fully saturated rings. The first-order chi connectivity index (χ1) is 16.0. The molecule has 4 amide bonds. The average molecular weight is 482 g/mol. The number of nitrogens with one attached hydrogen (secondary N) is 2. The summed E-state index contributed by atoms with van der Waals surface area (Å²) in [5, 5.41) is 5.97. The summed E-state index contributed by atoms with van der Waals surface area (Å²) in [6, 6.07) is -1.88. The lowest BCUT2D eigenvalue weighted by Gasteiger charge is -2.32. The molecule has 11 nitrogen and oxygen atoms in total. The molecule has 2 rings (SSSR count). The van der Waals surface area contributed by atoms with Crippen LogP contribution in [0.5, 0.6) is 0 Å². The molecule has 2 aliphatic heterocycles. The number of piperazine rings is 1. The molecule has 0 aliphatic carbocycles. The molecule has 2 atom stereocenters. The summed E-state index contributed by atoms with van der Waals surface area (Å²) >= 11 is 0. The first-order valence-corrected chi connectivity index (χ1v) is 12.0. The van der Waals surface area contributed by atoms with E-state index in [0.29, 0.717) is 11.5 Å². The lowest BCUT2D eigenvalue weighted by atomic mass is 10.0. The Balaban J connectivity index is 2.02. The zero-order valence-corrected chi connectivity index (χ0v) is 21.0. The molecule has 0 aromatic rings. The standard InChI is InChI=1S/C23H39N5O6/c1-15(2)12-17(24-19(29)14-27-10-8-26(5)9-11-27)22(32)25-18(13-16(3)4)23(33)34-28-20(30)6-7-21(28)31/h15-18H,6-14H2,1-5H3,(H,24,29)(H,25,32)/t17-,18-/m0/s1. The van der Waals surface area contributed by atoms with Crippen LogP contribution in [0.2, 0.25) is 0 Å². The number of rotatable bonds is 11. The van der Waals surface area contributed by atoms with Gasteiger partial charge in [-0.05, 0) is 31.7 Å². The van der Waals surface area contributed by atoms with E-state index >= 15 is 0 Å². The van der Waals surface area contributed by atoms with Crippen molar-refractivity contribution in [2.45, 2.75) is 65.5 Å². The summed E-state index contributed by atoms with van der Waals surface area (Å²) in [7, 11) is 2.04. The predicted molar refractivity (Wildman–Crippen MR) is 124 cm³/mol. The van der Waals surface area contributed by atoms with Gasteiger partial charge < -0.3 is 20.4 Å². The molecular formula is C23H39N5O6. The topological polar surface area (TPSA) is 128 Å². The molecule has 0 spiro atoms. The van der Waals surface area contributed by atoms with Gasteiger partial charge in [0.15, 0.2) is 0 Å². The lowest BCUT2D eigenvalue weighted by molar-refractivity contribution is -0.199. The van der Waals surface area contributed by atoms with Crippen molar-refractivity contribution in [2.75, 3.05) is 39.8 Å². The third kappa shape index (κ3) is 8.68. The molecule has 0 bridgehead atoms. The van der Waals surface area contributed by atoms with Crippen LogP contribution in [0, 0.1) is 11.8 Å². The summed E-state index contributed by atoms with van der Waals surface area (Å²) in [6.07, 6.45) is 0.628. The van der Waals surface area contributed by atoms with Crippen LogP contribution in [0.4, 0.5) is 0 Å². The normalized spacial score (nSPS) is 19.4. The smallest absolute Gasteiger partial charge is 0.343 e. The Hall–Kier alpha value is -2.53. The summed E-state index contributed by atoms with van der Waals surface area (Å²) in [4.78, 5) is 71.4. The van der Waals surface area contributed by atoms with Crippen LogP contribution in [0.15, 0.2) is 0 Å². The summed E-state index contributed by atoms with van der Waals surface area (Å²) in [6.45, 7) is 11.2. The van der Waals surface area contributed by atoms with E-state index in [2.05, 4.69) is 15.5 Å². The van der Waals surface area contributed by atoms with Gasteiger partial charge >= 0.3 is 5.97 Å². The van der Waals surface area contributed by atoms with Crippen LogP contribution < -0.4 is 10.6 Å². The fourth-order valence-corrected chi connectivity index (χ4v) is 3.92. The zero-order valence-electron chi connectivity index (χ0n) is 21.0. The summed E-state index contributed by atoms with van der Waals surface area (Å²) in [5.41, 5.74) is 0. The second-order valence-corrected chi connectivity index (χ2v) is 10.0. The van der Waals surface area contributed by atoms with Gasteiger partial charge in [0.05, 0.1) is 6.54 Å². The van der Waals surface area contributed by atoms with Crippen molar-refractivity contribution in [2.24, 2.45) is 11.8 Å². The molecule has 0 unspecified atom stereocenters. The van der Waals surface area contributed by atoms with E-state index in [1.165, 1.54) is 0 Å². The number of hydrogen-bond acceptors (Lipinski definition) is 8. The highest BCUT2D eigenvalue weighted by atomic mass is 16.7. The SMILES string of the molecule is CC(C)C[C@H](NC(=O)CN1CCN(C)CC1)C(=O)N[C@@H](CC(C)C)C(=O)ON1C(=O)CCC1=O. The molecule has 2 saturated heterocycles. The number of likely N-dealkylation sites (N-methyl/N-ethyl adjacent to an activating group) is 1. The number of carbonyl (C=O) groups excluding carboxylic acids is 5. The fraction of sp³-hybridized carbons (Fsp3) is 0.783. The van der Waals surface area contributed by atoms with Gasteiger partial charge in [-0.2, -0.15) is 0 Å². The van der Waals surface area contributed by atoms with Gasteiger partial charge in [0, 0.05) is 39.0 Å². The van der Waals surface area contributed by atoms with Crippen molar-refractivity contribution in [1.82, 2.24) is 25.5 Å². The van der Waals surface area contributed by atoms with Gasteiger partial charge in [-0.25, -0.2) is 4.79 Å². The number of amides is 4. The van der Waals surface area contributed by atoms with Crippen molar-refractivity contribution in [1.29, 1.82) is 0 Å². The Morgan fingerprint density at radius 1 is 0.853 bits per heavy atom. The maximum atomic E-state index is 13.1. The minimum Gasteiger partial charge on any atom is -0.343 e. The van der Waals surface area contributed by atoms with Gasteiger partial charge in [0.2, 0.25) is 11.8 Å². The number of imide groups is 1. The molecule has 34 heavy (non-hydrogen) atoms. The number of carbonyl (C=O) groups is 5. The molecule has 11 heteroatoms. The quantitative estimate of drug-likeness (QED) is 0.392. The Morgan fingerprint density at radius 2 is 1.38 bits per heavy atom. The van der Waals surface area contributed by atoms with Crippen molar-refractivity contribution in [3.8, 4) is 0 Å². The van der Waals surface area contributed by atoms with Crippen LogP contribution in [0.3, 0.4) is 0 Å². The monoisotopic (exact) mass is 481 g/mol. The van der Waals surface area contributed by atoms with E-state index in [1.807, 2.05) is 39.6 Å². The van der Waals surface area contributed by atoms with Gasteiger partial charge in [0.1, 0.15) is 12.1 Å². The van der Waals surface area contributed by atoms with Crippen LogP contribution in [-0.2, 0) is 28.8 Å². The lowest BCUT2D eigenvalue weighted by Crippen LogP contribution is -2.55. The second kappa shape index (κ2) is 12.8. The molecule has 192 valence electrons. The largest absolute Gasteiger partial charge is 0.355 e. The third-order valence-corrected chi connectivity index (χ3v) is 5.82. The second-order valence-electron chi connectivity index (χ2n) is 10.0. The Labute approximate surface area is 201 Å². The Morgan fingerprint density at radius 3 is 1.91 bits per heavy atom. The molecule has 0 aromatic carbocycles. The van der Waals surface area contributed by atoms with E-state index in [9.17, 15) is 24.0 Å². The van der Waals surface area contributed by atoms with Crippen LogP contribution in [0.1, 0.15) is 53.4 Å². The van der Waals surface area contributed by atoms with E-state index < -0.39 is 35.8 Å². The number of nitrogens with zero attached hydrogens (tertiary/aromatic N) is 3. The van der Waals surface area contributed by atoms with Crippen LogP contribution in [-0.4, -0.2) is 96.3 Å². The molecule has 0 saturated carbocycles. The van der Waals surface area contributed by atoms with Gasteiger partial charge in [-0.1, -0.05) is 27.7 Å². The van der Waals surface area contributed by atoms with Gasteiger partial charge in [0.25, 0.3) is 11.8 Å². The molecular weight excluding hydrogens is 442 g/mol. The van der Waals surface area contributed by atoms with Crippen molar-refractivity contribution in [3.63, 3.8) is 0 Å². The first-order valence-electron chi connectivity index (χ1n) is 12.0. The first kappa shape index (κ1) is 27.7. The Kier molecular flexibility index (Phi) is 10.4.